The number of hydrogen-bond acceptors (Lipinski definition) is 2. The number of carbonyl (C=O) groups excluding carboxylic acids is 1. The second kappa shape index (κ2) is 5.05. The predicted octanol–water partition coefficient (Wildman–Crippen LogP) is 3.03. The van der Waals surface area contributed by atoms with Gasteiger partial charge in [-0.1, -0.05) is 18.2 Å². The average molecular weight is 303 g/mol. The number of hydrogen-bond donors (Lipinski definition) is 0. The van der Waals surface area contributed by atoms with Gasteiger partial charge in [-0.2, -0.15) is 0 Å². The van der Waals surface area contributed by atoms with E-state index in [4.69, 9.17) is 4.74 Å². The molecule has 1 aromatic carbocycles. The Kier molecular flexibility index (Phi) is 3.26. The van der Waals surface area contributed by atoms with E-state index in [0.29, 0.717) is 5.56 Å². The summed E-state index contributed by atoms with van der Waals surface area (Å²) in [6.07, 6.45) is 5.78. The average Bonchev–Trinajstić information content (AvgIpc) is 3.29. The molecule has 1 saturated carbocycles. The Morgan fingerprint density at radius 3 is 2.41 bits per heavy atom. The van der Waals surface area contributed by atoms with Gasteiger partial charge in [0.2, 0.25) is 5.91 Å². The second-order valence-electron chi connectivity index (χ2n) is 6.99. The number of nitrogens with zero attached hydrogens (tertiary/aromatic N) is 1. The molecule has 0 spiro atoms. The van der Waals surface area contributed by atoms with Crippen molar-refractivity contribution < 1.29 is 13.9 Å². The molecule has 1 aliphatic carbocycles. The Labute approximate surface area is 130 Å². The standard InChI is InChI=1S/C18H22FNO2/c1-22-14-10-12-6-7-13(11-14)20(12)17(21)18(8-9-18)15-4-2-3-5-16(15)19/h2-5,12-14H,6-11H2,1H3/t12-,13+,14?. The summed E-state index contributed by atoms with van der Waals surface area (Å²) in [6, 6.07) is 7.32. The highest BCUT2D eigenvalue weighted by molar-refractivity contribution is 5.92. The summed E-state index contributed by atoms with van der Waals surface area (Å²) in [4.78, 5) is 15.3. The number of fused-ring (bicyclic) bond motifs is 2. The summed E-state index contributed by atoms with van der Waals surface area (Å²) >= 11 is 0. The van der Waals surface area contributed by atoms with Gasteiger partial charge in [0.05, 0.1) is 11.5 Å². The third-order valence-electron chi connectivity index (χ3n) is 5.81. The van der Waals surface area contributed by atoms with Gasteiger partial charge in [0.1, 0.15) is 5.82 Å². The first-order chi connectivity index (χ1) is 10.7. The van der Waals surface area contributed by atoms with E-state index in [-0.39, 0.29) is 29.9 Å². The maximum absolute atomic E-state index is 14.2. The van der Waals surface area contributed by atoms with Gasteiger partial charge in [-0.3, -0.25) is 4.79 Å². The summed E-state index contributed by atoms with van der Waals surface area (Å²) < 4.78 is 19.7. The van der Waals surface area contributed by atoms with Crippen LogP contribution in [0.4, 0.5) is 4.39 Å². The molecule has 0 aromatic heterocycles. The molecule has 4 rings (SSSR count). The number of carbonyl (C=O) groups is 1. The molecule has 22 heavy (non-hydrogen) atoms. The quantitative estimate of drug-likeness (QED) is 0.859. The molecule has 0 radical (unpaired) electrons. The van der Waals surface area contributed by atoms with Crippen LogP contribution in [0.15, 0.2) is 24.3 Å². The number of methoxy groups -OCH3 is 1. The fourth-order valence-electron chi connectivity index (χ4n) is 4.47. The second-order valence-corrected chi connectivity index (χ2v) is 6.99. The van der Waals surface area contributed by atoms with Crippen LogP contribution in [0.2, 0.25) is 0 Å². The summed E-state index contributed by atoms with van der Waals surface area (Å²) in [6.45, 7) is 0. The molecule has 2 bridgehead atoms. The van der Waals surface area contributed by atoms with Crippen LogP contribution >= 0.6 is 0 Å². The fourth-order valence-corrected chi connectivity index (χ4v) is 4.47. The lowest BCUT2D eigenvalue weighted by Gasteiger charge is -2.40. The highest BCUT2D eigenvalue weighted by Crippen LogP contribution is 2.52. The molecular weight excluding hydrogens is 281 g/mol. The lowest BCUT2D eigenvalue weighted by Crippen LogP contribution is -2.52. The van der Waals surface area contributed by atoms with E-state index in [2.05, 4.69) is 4.90 Å². The van der Waals surface area contributed by atoms with Crippen molar-refractivity contribution in [2.75, 3.05) is 7.11 Å². The molecule has 4 heteroatoms. The van der Waals surface area contributed by atoms with Gasteiger partial charge in [-0.05, 0) is 44.6 Å². The molecule has 1 amide bonds. The molecule has 3 fully saturated rings. The molecule has 1 aromatic rings. The van der Waals surface area contributed by atoms with Crippen LogP contribution < -0.4 is 0 Å². The zero-order chi connectivity index (χ0) is 15.3. The van der Waals surface area contributed by atoms with Gasteiger partial charge in [0, 0.05) is 24.8 Å². The Bertz CT molecular complexity index is 585. The highest BCUT2D eigenvalue weighted by Gasteiger charge is 2.58. The predicted molar refractivity (Wildman–Crippen MR) is 81.0 cm³/mol. The third kappa shape index (κ3) is 2.00. The van der Waals surface area contributed by atoms with E-state index in [1.54, 1.807) is 19.2 Å². The molecule has 2 saturated heterocycles. The van der Waals surface area contributed by atoms with Crippen molar-refractivity contribution in [3.05, 3.63) is 35.6 Å². The summed E-state index contributed by atoms with van der Waals surface area (Å²) in [5.41, 5.74) is -0.000193. The van der Waals surface area contributed by atoms with Crippen molar-refractivity contribution in [3.8, 4) is 0 Å². The first-order valence-corrected chi connectivity index (χ1v) is 8.26. The maximum atomic E-state index is 14.2. The zero-order valence-electron chi connectivity index (χ0n) is 12.9. The molecule has 2 heterocycles. The number of amides is 1. The van der Waals surface area contributed by atoms with Gasteiger partial charge in [-0.15, -0.1) is 0 Å². The first-order valence-electron chi connectivity index (χ1n) is 8.26. The molecule has 3 nitrogen and oxygen atoms in total. The number of piperidine rings is 1. The maximum Gasteiger partial charge on any atom is 0.233 e. The van der Waals surface area contributed by atoms with Crippen molar-refractivity contribution in [2.24, 2.45) is 0 Å². The van der Waals surface area contributed by atoms with Crippen molar-refractivity contribution in [3.63, 3.8) is 0 Å². The smallest absolute Gasteiger partial charge is 0.233 e. The Balaban J connectivity index is 1.62. The Hall–Kier alpha value is -1.42. The fraction of sp³-hybridized carbons (Fsp3) is 0.611. The minimum atomic E-state index is -0.591. The molecular formula is C18H22FNO2. The van der Waals surface area contributed by atoms with E-state index >= 15 is 0 Å². The largest absolute Gasteiger partial charge is 0.381 e. The first kappa shape index (κ1) is 14.2. The highest BCUT2D eigenvalue weighted by atomic mass is 19.1. The number of rotatable bonds is 3. The molecule has 2 aliphatic heterocycles. The van der Waals surface area contributed by atoms with E-state index in [1.807, 2.05) is 6.07 Å². The zero-order valence-corrected chi connectivity index (χ0v) is 12.9. The van der Waals surface area contributed by atoms with Gasteiger partial charge in [0.15, 0.2) is 0 Å². The van der Waals surface area contributed by atoms with Crippen LogP contribution in [0.1, 0.15) is 44.1 Å². The molecule has 0 N–H and O–H groups in total. The lowest BCUT2D eigenvalue weighted by molar-refractivity contribution is -0.140. The normalized spacial score (nSPS) is 32.1. The van der Waals surface area contributed by atoms with E-state index in [0.717, 1.165) is 38.5 Å². The molecule has 3 aliphatic rings. The molecule has 118 valence electrons. The number of benzene rings is 1. The van der Waals surface area contributed by atoms with Crippen LogP contribution in [0.25, 0.3) is 0 Å². The van der Waals surface area contributed by atoms with E-state index in [9.17, 15) is 9.18 Å². The van der Waals surface area contributed by atoms with Crippen LogP contribution in [0, 0.1) is 5.82 Å². The van der Waals surface area contributed by atoms with E-state index in [1.165, 1.54) is 6.07 Å². The minimum absolute atomic E-state index is 0.152. The van der Waals surface area contributed by atoms with Gasteiger partial charge >= 0.3 is 0 Å². The van der Waals surface area contributed by atoms with Crippen molar-refractivity contribution in [1.29, 1.82) is 0 Å². The molecule has 3 atom stereocenters. The minimum Gasteiger partial charge on any atom is -0.381 e. The van der Waals surface area contributed by atoms with Crippen molar-refractivity contribution >= 4 is 5.91 Å². The summed E-state index contributed by atoms with van der Waals surface area (Å²) in [5, 5.41) is 0. The van der Waals surface area contributed by atoms with Gasteiger partial charge in [0.25, 0.3) is 0 Å². The third-order valence-corrected chi connectivity index (χ3v) is 5.81. The Morgan fingerprint density at radius 2 is 1.86 bits per heavy atom. The van der Waals surface area contributed by atoms with Crippen LogP contribution in [0.5, 0.6) is 0 Å². The van der Waals surface area contributed by atoms with Crippen molar-refractivity contribution in [1.82, 2.24) is 4.90 Å². The monoisotopic (exact) mass is 303 g/mol. The SMILES string of the molecule is COC1C[C@H]2CC[C@@H](C1)N2C(=O)C1(c2ccccc2F)CC1. The number of ether oxygens (including phenoxy) is 1. The summed E-state index contributed by atoms with van der Waals surface area (Å²) in [5.74, 6) is -0.0906. The van der Waals surface area contributed by atoms with Crippen LogP contribution in [-0.4, -0.2) is 36.1 Å². The van der Waals surface area contributed by atoms with E-state index < -0.39 is 5.41 Å². The number of halogens is 1. The van der Waals surface area contributed by atoms with Crippen molar-refractivity contribution in [2.45, 2.75) is 62.1 Å². The van der Waals surface area contributed by atoms with Gasteiger partial charge in [-0.25, -0.2) is 4.39 Å². The van der Waals surface area contributed by atoms with Gasteiger partial charge < -0.3 is 9.64 Å². The van der Waals surface area contributed by atoms with Crippen LogP contribution in [0.3, 0.4) is 0 Å². The summed E-state index contributed by atoms with van der Waals surface area (Å²) in [7, 11) is 1.75. The topological polar surface area (TPSA) is 29.5 Å². The Morgan fingerprint density at radius 1 is 1.23 bits per heavy atom. The molecule has 1 unspecified atom stereocenters. The lowest BCUT2D eigenvalue weighted by atomic mass is 9.90. The van der Waals surface area contributed by atoms with Crippen LogP contribution in [-0.2, 0) is 14.9 Å².